The van der Waals surface area contributed by atoms with Crippen molar-refractivity contribution in [3.05, 3.63) is 94.5 Å². The fourth-order valence-corrected chi connectivity index (χ4v) is 4.49. The standard InChI is InChI=1S/C27H28ClN3O3/c1-19-12-13-24(34-2)23(18-19)29-26(32)25(20-8-4-3-5-9-20)30-14-16-31(17-15-30)27(33)21-10-6-7-11-22(21)28/h3-13,18,25H,14-17H2,1-2H3,(H,29,32). The topological polar surface area (TPSA) is 61.9 Å². The summed E-state index contributed by atoms with van der Waals surface area (Å²) in [6, 6.07) is 22.0. The third-order valence-electron chi connectivity index (χ3n) is 6.05. The van der Waals surface area contributed by atoms with E-state index in [1.807, 2.05) is 67.6 Å². The number of hydrogen-bond acceptors (Lipinski definition) is 4. The maximum atomic E-state index is 13.6. The van der Waals surface area contributed by atoms with Crippen LogP contribution in [0.4, 0.5) is 5.69 Å². The van der Waals surface area contributed by atoms with Crippen LogP contribution in [-0.4, -0.2) is 54.9 Å². The van der Waals surface area contributed by atoms with Crippen molar-refractivity contribution in [2.45, 2.75) is 13.0 Å². The van der Waals surface area contributed by atoms with E-state index >= 15 is 0 Å². The van der Waals surface area contributed by atoms with Crippen molar-refractivity contribution in [3.8, 4) is 5.75 Å². The summed E-state index contributed by atoms with van der Waals surface area (Å²) in [5.41, 5.74) is 3.07. The Balaban J connectivity index is 1.53. The Morgan fingerprint density at radius 3 is 2.29 bits per heavy atom. The van der Waals surface area contributed by atoms with Crippen molar-refractivity contribution < 1.29 is 14.3 Å². The van der Waals surface area contributed by atoms with Crippen LogP contribution >= 0.6 is 11.6 Å². The number of nitrogens with one attached hydrogen (secondary N) is 1. The Hall–Kier alpha value is -3.35. The van der Waals surface area contributed by atoms with Gasteiger partial charge in [-0.3, -0.25) is 14.5 Å². The van der Waals surface area contributed by atoms with Gasteiger partial charge in [-0.2, -0.15) is 0 Å². The maximum Gasteiger partial charge on any atom is 0.255 e. The summed E-state index contributed by atoms with van der Waals surface area (Å²) in [7, 11) is 1.59. The Morgan fingerprint density at radius 2 is 1.62 bits per heavy atom. The van der Waals surface area contributed by atoms with Gasteiger partial charge in [-0.25, -0.2) is 0 Å². The number of nitrogens with zero attached hydrogens (tertiary/aromatic N) is 2. The third kappa shape index (κ3) is 5.24. The monoisotopic (exact) mass is 477 g/mol. The van der Waals surface area contributed by atoms with Crippen molar-refractivity contribution in [2.24, 2.45) is 0 Å². The van der Waals surface area contributed by atoms with Crippen molar-refractivity contribution in [2.75, 3.05) is 38.6 Å². The lowest BCUT2D eigenvalue weighted by molar-refractivity contribution is -0.122. The number of benzene rings is 3. The highest BCUT2D eigenvalue weighted by molar-refractivity contribution is 6.33. The maximum absolute atomic E-state index is 13.6. The molecule has 1 saturated heterocycles. The number of halogens is 1. The average Bonchev–Trinajstić information content (AvgIpc) is 2.85. The van der Waals surface area contributed by atoms with Gasteiger partial charge in [0.25, 0.3) is 5.91 Å². The number of aryl methyl sites for hydroxylation is 1. The van der Waals surface area contributed by atoms with Crippen molar-refractivity contribution in [1.29, 1.82) is 0 Å². The van der Waals surface area contributed by atoms with E-state index in [1.165, 1.54) is 0 Å². The normalized spacial score (nSPS) is 15.0. The number of methoxy groups -OCH3 is 1. The van der Waals surface area contributed by atoms with E-state index in [0.717, 1.165) is 11.1 Å². The minimum atomic E-state index is -0.496. The van der Waals surface area contributed by atoms with Crippen molar-refractivity contribution >= 4 is 29.1 Å². The van der Waals surface area contributed by atoms with E-state index in [4.69, 9.17) is 16.3 Å². The molecule has 0 spiro atoms. The lowest BCUT2D eigenvalue weighted by atomic mass is 10.0. The van der Waals surface area contributed by atoms with Gasteiger partial charge in [0.05, 0.1) is 23.4 Å². The number of rotatable bonds is 6. The molecule has 1 heterocycles. The van der Waals surface area contributed by atoms with Crippen LogP contribution in [-0.2, 0) is 4.79 Å². The molecule has 4 rings (SSSR count). The first-order valence-corrected chi connectivity index (χ1v) is 11.6. The van der Waals surface area contributed by atoms with E-state index in [0.29, 0.717) is 48.2 Å². The van der Waals surface area contributed by atoms with Crippen LogP contribution in [0.25, 0.3) is 0 Å². The zero-order valence-electron chi connectivity index (χ0n) is 19.3. The predicted octanol–water partition coefficient (Wildman–Crippen LogP) is 4.79. The van der Waals surface area contributed by atoms with Gasteiger partial charge in [-0.1, -0.05) is 60.1 Å². The molecule has 3 aromatic rings. The lowest BCUT2D eigenvalue weighted by Crippen LogP contribution is -2.51. The molecule has 1 fully saturated rings. The van der Waals surface area contributed by atoms with Crippen LogP contribution in [0.1, 0.15) is 27.5 Å². The molecular formula is C27H28ClN3O3. The van der Waals surface area contributed by atoms with E-state index in [1.54, 1.807) is 24.1 Å². The Morgan fingerprint density at radius 1 is 0.941 bits per heavy atom. The SMILES string of the molecule is COc1ccc(C)cc1NC(=O)C(c1ccccc1)N1CCN(C(=O)c2ccccc2Cl)CC1. The fraction of sp³-hybridized carbons (Fsp3) is 0.259. The second-order valence-corrected chi connectivity index (χ2v) is 8.72. The molecule has 34 heavy (non-hydrogen) atoms. The van der Waals surface area contributed by atoms with Gasteiger partial charge >= 0.3 is 0 Å². The summed E-state index contributed by atoms with van der Waals surface area (Å²) < 4.78 is 5.44. The first-order valence-electron chi connectivity index (χ1n) is 11.3. The minimum Gasteiger partial charge on any atom is -0.495 e. The van der Waals surface area contributed by atoms with Crippen molar-refractivity contribution in [1.82, 2.24) is 9.80 Å². The van der Waals surface area contributed by atoms with Gasteiger partial charge < -0.3 is 15.0 Å². The van der Waals surface area contributed by atoms with Crippen LogP contribution in [0, 0.1) is 6.92 Å². The first kappa shape index (κ1) is 23.8. The van der Waals surface area contributed by atoms with Gasteiger partial charge in [-0.15, -0.1) is 0 Å². The van der Waals surface area contributed by atoms with Crippen LogP contribution in [0.5, 0.6) is 5.75 Å². The smallest absolute Gasteiger partial charge is 0.255 e. The highest BCUT2D eigenvalue weighted by Crippen LogP contribution is 2.29. The second kappa shape index (κ2) is 10.7. The van der Waals surface area contributed by atoms with Gasteiger partial charge in [0.15, 0.2) is 0 Å². The van der Waals surface area contributed by atoms with E-state index in [9.17, 15) is 9.59 Å². The summed E-state index contributed by atoms with van der Waals surface area (Å²) in [5.74, 6) is 0.386. The van der Waals surface area contributed by atoms with Crippen molar-refractivity contribution in [3.63, 3.8) is 0 Å². The summed E-state index contributed by atoms with van der Waals surface area (Å²) in [6.45, 7) is 4.12. The summed E-state index contributed by atoms with van der Waals surface area (Å²) >= 11 is 6.23. The Kier molecular flexibility index (Phi) is 7.50. The molecule has 1 aliphatic rings. The fourth-order valence-electron chi connectivity index (χ4n) is 4.27. The molecule has 0 saturated carbocycles. The summed E-state index contributed by atoms with van der Waals surface area (Å²) in [4.78, 5) is 30.4. The molecule has 0 aromatic heterocycles. The van der Waals surface area contributed by atoms with E-state index in [-0.39, 0.29) is 11.8 Å². The number of piperazine rings is 1. The zero-order chi connectivity index (χ0) is 24.1. The Labute approximate surface area is 205 Å². The number of hydrogen-bond donors (Lipinski definition) is 1. The third-order valence-corrected chi connectivity index (χ3v) is 6.38. The lowest BCUT2D eigenvalue weighted by Gasteiger charge is -2.39. The molecule has 7 heteroatoms. The quantitative estimate of drug-likeness (QED) is 0.554. The largest absolute Gasteiger partial charge is 0.495 e. The molecule has 1 N–H and O–H groups in total. The highest BCUT2D eigenvalue weighted by atomic mass is 35.5. The van der Waals surface area contributed by atoms with Crippen LogP contribution < -0.4 is 10.1 Å². The first-order chi connectivity index (χ1) is 16.5. The van der Waals surface area contributed by atoms with Crippen LogP contribution in [0.3, 0.4) is 0 Å². The molecule has 0 radical (unpaired) electrons. The second-order valence-electron chi connectivity index (χ2n) is 8.31. The predicted molar refractivity (Wildman–Crippen MR) is 134 cm³/mol. The Bertz CT molecular complexity index is 1160. The van der Waals surface area contributed by atoms with Gasteiger partial charge in [0.2, 0.25) is 5.91 Å². The summed E-state index contributed by atoms with van der Waals surface area (Å²) in [5, 5.41) is 3.51. The molecule has 6 nitrogen and oxygen atoms in total. The molecule has 1 atom stereocenters. The molecule has 1 aliphatic heterocycles. The molecule has 2 amide bonds. The minimum absolute atomic E-state index is 0.0875. The van der Waals surface area contributed by atoms with Gasteiger partial charge in [0, 0.05) is 26.2 Å². The van der Waals surface area contributed by atoms with E-state index in [2.05, 4.69) is 10.2 Å². The molecule has 0 bridgehead atoms. The average molecular weight is 478 g/mol. The van der Waals surface area contributed by atoms with Gasteiger partial charge in [-0.05, 0) is 42.3 Å². The number of amides is 2. The molecule has 1 unspecified atom stereocenters. The summed E-state index contributed by atoms with van der Waals surface area (Å²) in [6.07, 6.45) is 0. The number of anilines is 1. The van der Waals surface area contributed by atoms with E-state index < -0.39 is 6.04 Å². The van der Waals surface area contributed by atoms with Crippen LogP contribution in [0.2, 0.25) is 5.02 Å². The van der Waals surface area contributed by atoms with Crippen LogP contribution in [0.15, 0.2) is 72.8 Å². The molecule has 176 valence electrons. The molecule has 0 aliphatic carbocycles. The number of carbonyl (C=O) groups excluding carboxylic acids is 2. The number of ether oxygens (including phenoxy) is 1. The zero-order valence-corrected chi connectivity index (χ0v) is 20.1. The molecule has 3 aromatic carbocycles. The highest BCUT2D eigenvalue weighted by Gasteiger charge is 2.32. The van der Waals surface area contributed by atoms with Gasteiger partial charge in [0.1, 0.15) is 11.8 Å². The molecular weight excluding hydrogens is 450 g/mol. The number of carbonyl (C=O) groups is 2.